The second-order valence-corrected chi connectivity index (χ2v) is 7.03. The van der Waals surface area contributed by atoms with Crippen LogP contribution in [0.1, 0.15) is 33.1 Å². The molecule has 1 heterocycles. The van der Waals surface area contributed by atoms with Crippen LogP contribution in [0.3, 0.4) is 0 Å². The number of allylic oxidation sites excluding steroid dienone is 6. The van der Waals surface area contributed by atoms with Gasteiger partial charge in [0.15, 0.2) is 5.78 Å². The lowest BCUT2D eigenvalue weighted by Gasteiger charge is -2.21. The van der Waals surface area contributed by atoms with Crippen LogP contribution in [0.2, 0.25) is 0 Å². The molecule has 1 aliphatic heterocycles. The first-order chi connectivity index (χ1) is 13.6. The van der Waals surface area contributed by atoms with Gasteiger partial charge in [0.05, 0.1) is 10.5 Å². The first-order valence-electron chi connectivity index (χ1n) is 9.17. The molecule has 0 aromatic heterocycles. The molecule has 6 nitrogen and oxygen atoms in total. The maximum Gasteiger partial charge on any atom is 0.471 e. The Morgan fingerprint density at radius 2 is 2.00 bits per heavy atom. The van der Waals surface area contributed by atoms with E-state index in [4.69, 9.17) is 0 Å². The second-order valence-electron chi connectivity index (χ2n) is 7.03. The van der Waals surface area contributed by atoms with Crippen LogP contribution in [-0.4, -0.2) is 34.2 Å². The third-order valence-corrected chi connectivity index (χ3v) is 5.32. The summed E-state index contributed by atoms with van der Waals surface area (Å²) < 4.78 is 39.4. The second kappa shape index (κ2) is 7.46. The highest BCUT2D eigenvalue weighted by atomic mass is 19.4. The zero-order valence-electron chi connectivity index (χ0n) is 15.9. The van der Waals surface area contributed by atoms with Crippen molar-refractivity contribution in [3.05, 3.63) is 68.1 Å². The minimum Gasteiger partial charge on any atom is -0.307 e. The molecule has 29 heavy (non-hydrogen) atoms. The smallest absolute Gasteiger partial charge is 0.307 e. The number of ketones is 1. The first-order valence-corrected chi connectivity index (χ1v) is 9.17. The molecule has 3 rings (SSSR count). The minimum atomic E-state index is -5.05. The van der Waals surface area contributed by atoms with Crippen LogP contribution in [0.4, 0.5) is 13.2 Å². The number of rotatable bonds is 3. The highest BCUT2D eigenvalue weighted by Crippen LogP contribution is 2.46. The van der Waals surface area contributed by atoms with Gasteiger partial charge in [-0.1, -0.05) is 25.2 Å². The lowest BCUT2D eigenvalue weighted by atomic mass is 9.84. The molecule has 0 spiro atoms. The molecule has 0 bridgehead atoms. The minimum absolute atomic E-state index is 0.112. The van der Waals surface area contributed by atoms with Crippen molar-refractivity contribution in [3.8, 4) is 0 Å². The molecule has 0 N–H and O–H groups in total. The van der Waals surface area contributed by atoms with E-state index in [-0.39, 0.29) is 41.3 Å². The zero-order valence-corrected chi connectivity index (χ0v) is 15.9. The first kappa shape index (κ1) is 20.8. The van der Waals surface area contributed by atoms with E-state index in [2.05, 4.69) is 0 Å². The molecule has 1 amide bonds. The van der Waals surface area contributed by atoms with Gasteiger partial charge in [0, 0.05) is 36.2 Å². The Bertz CT molecular complexity index is 951. The van der Waals surface area contributed by atoms with Crippen LogP contribution in [0.15, 0.2) is 58.0 Å². The molecular formula is C20H19F3N2O4. The van der Waals surface area contributed by atoms with Gasteiger partial charge in [-0.15, -0.1) is 0 Å². The van der Waals surface area contributed by atoms with Gasteiger partial charge in [-0.2, -0.15) is 13.2 Å². The van der Waals surface area contributed by atoms with Crippen molar-refractivity contribution >= 4 is 11.7 Å². The normalized spacial score (nSPS) is 21.8. The molecule has 3 aliphatic rings. The van der Waals surface area contributed by atoms with E-state index in [1.165, 1.54) is 19.1 Å². The van der Waals surface area contributed by atoms with Gasteiger partial charge < -0.3 is 4.90 Å². The number of hydrogen-bond acceptors (Lipinski definition) is 4. The van der Waals surface area contributed by atoms with Gasteiger partial charge in [0.25, 0.3) is 5.70 Å². The zero-order chi connectivity index (χ0) is 21.5. The molecule has 2 aliphatic carbocycles. The van der Waals surface area contributed by atoms with Crippen molar-refractivity contribution in [2.45, 2.75) is 39.3 Å². The highest BCUT2D eigenvalue weighted by molar-refractivity contribution is 5.99. The quantitative estimate of drug-likeness (QED) is 0.522. The summed E-state index contributed by atoms with van der Waals surface area (Å²) in [5.41, 5.74) is 0.888. The van der Waals surface area contributed by atoms with Crippen LogP contribution in [-0.2, 0) is 9.59 Å². The number of amides is 1. The molecule has 154 valence electrons. The van der Waals surface area contributed by atoms with Crippen molar-refractivity contribution in [2.24, 2.45) is 5.92 Å². The fraction of sp³-hybridized carbons (Fsp3) is 0.400. The number of fused-ring (bicyclic) bond motifs is 2. The third-order valence-electron chi connectivity index (χ3n) is 5.32. The average molecular weight is 408 g/mol. The number of carbonyl (C=O) groups excluding carboxylic acids is 2. The lowest BCUT2D eigenvalue weighted by molar-refractivity contribution is -0.420. The molecule has 0 aromatic rings. The van der Waals surface area contributed by atoms with Gasteiger partial charge in [-0.25, -0.2) is 0 Å². The van der Waals surface area contributed by atoms with Gasteiger partial charge in [0.1, 0.15) is 0 Å². The molecule has 0 fully saturated rings. The van der Waals surface area contributed by atoms with E-state index < -0.39 is 22.9 Å². The summed E-state index contributed by atoms with van der Waals surface area (Å²) in [5.74, 6) is -2.78. The van der Waals surface area contributed by atoms with Crippen LogP contribution in [0, 0.1) is 16.0 Å². The SMILES string of the molecule is CCC1CN(C(=O)C(F)(F)F)C2=C1C1=CCC=CC(C(C)=O)=C1C([N+](=O)[O-])=CC2. The van der Waals surface area contributed by atoms with E-state index in [1.54, 1.807) is 19.1 Å². The summed E-state index contributed by atoms with van der Waals surface area (Å²) in [5, 5.41) is 11.7. The average Bonchev–Trinajstić information content (AvgIpc) is 2.76. The van der Waals surface area contributed by atoms with Gasteiger partial charge >= 0.3 is 12.1 Å². The molecule has 1 unspecified atom stereocenters. The van der Waals surface area contributed by atoms with Crippen LogP contribution in [0.5, 0.6) is 0 Å². The molecule has 0 radical (unpaired) electrons. The molecule has 0 saturated carbocycles. The van der Waals surface area contributed by atoms with E-state index in [0.717, 1.165) is 0 Å². The van der Waals surface area contributed by atoms with E-state index in [1.807, 2.05) is 0 Å². The largest absolute Gasteiger partial charge is 0.471 e. The van der Waals surface area contributed by atoms with Crippen molar-refractivity contribution in [2.75, 3.05) is 6.54 Å². The topological polar surface area (TPSA) is 80.5 Å². The Kier molecular flexibility index (Phi) is 5.34. The molecular weight excluding hydrogens is 389 g/mol. The van der Waals surface area contributed by atoms with Gasteiger partial charge in [-0.3, -0.25) is 19.7 Å². The summed E-state index contributed by atoms with van der Waals surface area (Å²) in [4.78, 5) is 36.0. The highest BCUT2D eigenvalue weighted by Gasteiger charge is 2.48. The summed E-state index contributed by atoms with van der Waals surface area (Å²) >= 11 is 0. The van der Waals surface area contributed by atoms with E-state index >= 15 is 0 Å². The summed E-state index contributed by atoms with van der Waals surface area (Å²) in [6.07, 6.45) is 1.64. The fourth-order valence-electron chi connectivity index (χ4n) is 4.07. The number of halogens is 3. The Morgan fingerprint density at radius 1 is 1.31 bits per heavy atom. The number of alkyl halides is 3. The predicted octanol–water partition coefficient (Wildman–Crippen LogP) is 4.01. The summed E-state index contributed by atoms with van der Waals surface area (Å²) in [6.45, 7) is 2.93. The Labute approximate surface area is 164 Å². The van der Waals surface area contributed by atoms with Crippen molar-refractivity contribution in [1.29, 1.82) is 0 Å². The number of Topliss-reactive ketones (excluding diaryl/α,β-unsaturated/α-hetero) is 1. The maximum absolute atomic E-state index is 13.1. The molecule has 0 saturated heterocycles. The predicted molar refractivity (Wildman–Crippen MR) is 97.8 cm³/mol. The maximum atomic E-state index is 13.1. The Hall–Kier alpha value is -2.97. The standard InChI is InChI=1S/C20H19F3N2O4/c1-3-12-10-24(19(27)20(21,22)23)15-8-9-16(25(28)29)18-13(11(2)26)6-4-5-7-14(18)17(12)15/h4,6-7,9,12H,3,5,8,10H2,1-2H3. The number of nitrogens with zero attached hydrogens (tertiary/aromatic N) is 2. The monoisotopic (exact) mass is 408 g/mol. The Morgan fingerprint density at radius 3 is 2.55 bits per heavy atom. The van der Waals surface area contributed by atoms with Crippen molar-refractivity contribution in [3.63, 3.8) is 0 Å². The van der Waals surface area contributed by atoms with E-state index in [0.29, 0.717) is 28.9 Å². The lowest BCUT2D eigenvalue weighted by Crippen LogP contribution is -2.39. The van der Waals surface area contributed by atoms with E-state index in [9.17, 15) is 32.9 Å². The van der Waals surface area contributed by atoms with Crippen molar-refractivity contribution in [1.82, 2.24) is 4.90 Å². The number of hydrogen-bond donors (Lipinski definition) is 0. The van der Waals surface area contributed by atoms with Crippen molar-refractivity contribution < 1.29 is 27.7 Å². The molecule has 0 aromatic carbocycles. The molecule has 1 atom stereocenters. The van der Waals surface area contributed by atoms with Crippen LogP contribution < -0.4 is 0 Å². The third kappa shape index (κ3) is 3.56. The summed E-state index contributed by atoms with van der Waals surface area (Å²) in [6, 6.07) is 0. The number of nitro groups is 1. The van der Waals surface area contributed by atoms with Crippen LogP contribution in [0.25, 0.3) is 0 Å². The number of carbonyl (C=O) groups is 2. The van der Waals surface area contributed by atoms with Crippen LogP contribution >= 0.6 is 0 Å². The molecule has 9 heteroatoms. The van der Waals surface area contributed by atoms with Gasteiger partial charge in [0.2, 0.25) is 0 Å². The fourth-order valence-corrected chi connectivity index (χ4v) is 4.07. The van der Waals surface area contributed by atoms with Gasteiger partial charge in [-0.05, 0) is 30.9 Å². The Balaban J connectivity index is 2.30. The summed E-state index contributed by atoms with van der Waals surface area (Å²) in [7, 11) is 0.